The van der Waals surface area contributed by atoms with Crippen molar-refractivity contribution in [2.45, 2.75) is 49.5 Å². The molecule has 6 nitrogen and oxygen atoms in total. The maximum absolute atomic E-state index is 12.9. The van der Waals surface area contributed by atoms with Crippen LogP contribution in [0.15, 0.2) is 23.1 Å². The van der Waals surface area contributed by atoms with Crippen molar-refractivity contribution in [1.29, 1.82) is 0 Å². The van der Waals surface area contributed by atoms with Crippen LogP contribution in [-0.4, -0.2) is 45.4 Å². The van der Waals surface area contributed by atoms with E-state index in [1.54, 1.807) is 30.1 Å². The summed E-state index contributed by atoms with van der Waals surface area (Å²) < 4.78 is 32.7. The number of carbonyl (C=O) groups excluding carboxylic acids is 1. The molecule has 0 aromatic heterocycles. The SMILES string of the molecule is COc1ccc(S(=O)(=O)N(C)C2CCCC2)cc1N1CCCC1=O. The first-order valence-electron chi connectivity index (χ1n) is 8.41. The molecule has 0 unspecified atom stereocenters. The molecule has 7 heteroatoms. The topological polar surface area (TPSA) is 66.9 Å². The second-order valence-electron chi connectivity index (χ2n) is 6.44. The number of sulfonamides is 1. The van der Waals surface area contributed by atoms with Gasteiger partial charge in [-0.15, -0.1) is 0 Å². The molecule has 1 saturated carbocycles. The average Bonchev–Trinajstić information content (AvgIpc) is 3.25. The second-order valence-corrected chi connectivity index (χ2v) is 8.44. The van der Waals surface area contributed by atoms with E-state index in [0.29, 0.717) is 24.4 Å². The zero-order valence-electron chi connectivity index (χ0n) is 14.2. The Balaban J connectivity index is 1.97. The van der Waals surface area contributed by atoms with E-state index < -0.39 is 10.0 Å². The second kappa shape index (κ2) is 6.72. The van der Waals surface area contributed by atoms with Crippen molar-refractivity contribution in [1.82, 2.24) is 4.31 Å². The Bertz CT molecular complexity index is 726. The first kappa shape index (κ1) is 17.2. The maximum atomic E-state index is 12.9. The number of benzene rings is 1. The maximum Gasteiger partial charge on any atom is 0.243 e. The van der Waals surface area contributed by atoms with Gasteiger partial charge in [0.25, 0.3) is 0 Å². The molecule has 1 heterocycles. The summed E-state index contributed by atoms with van der Waals surface area (Å²) in [7, 11) is -0.402. The van der Waals surface area contributed by atoms with E-state index >= 15 is 0 Å². The van der Waals surface area contributed by atoms with Crippen LogP contribution in [-0.2, 0) is 14.8 Å². The van der Waals surface area contributed by atoms with Crippen LogP contribution in [0.5, 0.6) is 5.75 Å². The van der Waals surface area contributed by atoms with E-state index in [9.17, 15) is 13.2 Å². The van der Waals surface area contributed by atoms with Gasteiger partial charge in [-0.25, -0.2) is 8.42 Å². The van der Waals surface area contributed by atoms with Crippen molar-refractivity contribution in [3.63, 3.8) is 0 Å². The number of amides is 1. The van der Waals surface area contributed by atoms with Crippen molar-refractivity contribution in [2.75, 3.05) is 25.6 Å². The third-order valence-corrected chi connectivity index (χ3v) is 6.94. The van der Waals surface area contributed by atoms with E-state index in [1.807, 2.05) is 0 Å². The molecule has 2 fully saturated rings. The van der Waals surface area contributed by atoms with Gasteiger partial charge in [-0.05, 0) is 37.5 Å². The number of hydrogen-bond donors (Lipinski definition) is 0. The molecule has 0 N–H and O–H groups in total. The molecule has 1 aliphatic carbocycles. The number of carbonyl (C=O) groups is 1. The zero-order chi connectivity index (χ0) is 17.3. The highest BCUT2D eigenvalue weighted by Crippen LogP contribution is 2.35. The summed E-state index contributed by atoms with van der Waals surface area (Å²) in [5, 5.41) is 0. The third kappa shape index (κ3) is 3.02. The van der Waals surface area contributed by atoms with Crippen molar-refractivity contribution in [3.05, 3.63) is 18.2 Å². The van der Waals surface area contributed by atoms with Crippen LogP contribution in [0.1, 0.15) is 38.5 Å². The van der Waals surface area contributed by atoms with E-state index in [2.05, 4.69) is 0 Å². The molecule has 1 saturated heterocycles. The summed E-state index contributed by atoms with van der Waals surface area (Å²) in [4.78, 5) is 13.9. The van der Waals surface area contributed by atoms with Gasteiger partial charge in [-0.1, -0.05) is 12.8 Å². The monoisotopic (exact) mass is 352 g/mol. The minimum absolute atomic E-state index is 0.00648. The lowest BCUT2D eigenvalue weighted by Gasteiger charge is -2.25. The normalized spacial score (nSPS) is 19.5. The van der Waals surface area contributed by atoms with E-state index in [0.717, 1.165) is 32.1 Å². The smallest absolute Gasteiger partial charge is 0.243 e. The summed E-state index contributed by atoms with van der Waals surface area (Å²) in [6.07, 6.45) is 5.22. The third-order valence-electron chi connectivity index (χ3n) is 5.03. The summed E-state index contributed by atoms with van der Waals surface area (Å²) in [6, 6.07) is 4.83. The highest BCUT2D eigenvalue weighted by atomic mass is 32.2. The Kier molecular flexibility index (Phi) is 4.83. The Labute approximate surface area is 143 Å². The summed E-state index contributed by atoms with van der Waals surface area (Å²) in [5.74, 6) is 0.528. The Morgan fingerprint density at radius 2 is 1.92 bits per heavy atom. The fourth-order valence-corrected chi connectivity index (χ4v) is 5.01. The summed E-state index contributed by atoms with van der Waals surface area (Å²) in [6.45, 7) is 0.594. The predicted octanol–water partition coefficient (Wildman–Crippen LogP) is 2.39. The van der Waals surface area contributed by atoms with Gasteiger partial charge in [0.1, 0.15) is 5.75 Å². The Hall–Kier alpha value is -1.60. The highest BCUT2D eigenvalue weighted by Gasteiger charge is 2.32. The Morgan fingerprint density at radius 3 is 2.50 bits per heavy atom. The average molecular weight is 352 g/mol. The van der Waals surface area contributed by atoms with Crippen molar-refractivity contribution >= 4 is 21.6 Å². The molecular formula is C17H24N2O4S. The van der Waals surface area contributed by atoms with Crippen molar-refractivity contribution < 1.29 is 17.9 Å². The highest BCUT2D eigenvalue weighted by molar-refractivity contribution is 7.89. The molecule has 1 aromatic rings. The van der Waals surface area contributed by atoms with Crippen molar-refractivity contribution in [3.8, 4) is 5.75 Å². The predicted molar refractivity (Wildman–Crippen MR) is 91.8 cm³/mol. The number of hydrogen-bond acceptors (Lipinski definition) is 4. The van der Waals surface area contributed by atoms with Gasteiger partial charge in [0.05, 0.1) is 17.7 Å². The molecule has 1 aromatic carbocycles. The molecule has 2 aliphatic rings. The van der Waals surface area contributed by atoms with Crippen LogP contribution >= 0.6 is 0 Å². The lowest BCUT2D eigenvalue weighted by Crippen LogP contribution is -2.35. The van der Waals surface area contributed by atoms with Gasteiger partial charge in [-0.3, -0.25) is 4.79 Å². The van der Waals surface area contributed by atoms with E-state index in [-0.39, 0.29) is 16.8 Å². The standard InChI is InChI=1S/C17H24N2O4S/c1-18(13-6-3-4-7-13)24(21,22)14-9-10-16(23-2)15(12-14)19-11-5-8-17(19)20/h9-10,12-13H,3-8,11H2,1-2H3. The van der Waals surface area contributed by atoms with Gasteiger partial charge < -0.3 is 9.64 Å². The zero-order valence-corrected chi connectivity index (χ0v) is 15.0. The van der Waals surface area contributed by atoms with Crippen LogP contribution in [0, 0.1) is 0 Å². The number of ether oxygens (including phenoxy) is 1. The number of methoxy groups -OCH3 is 1. The van der Waals surface area contributed by atoms with Crippen LogP contribution < -0.4 is 9.64 Å². The van der Waals surface area contributed by atoms with Crippen LogP contribution in [0.3, 0.4) is 0 Å². The quantitative estimate of drug-likeness (QED) is 0.816. The summed E-state index contributed by atoms with van der Waals surface area (Å²) >= 11 is 0. The van der Waals surface area contributed by atoms with Gasteiger partial charge in [0, 0.05) is 26.1 Å². The fourth-order valence-electron chi connectivity index (χ4n) is 3.57. The van der Waals surface area contributed by atoms with Gasteiger partial charge in [0.2, 0.25) is 15.9 Å². The fraction of sp³-hybridized carbons (Fsp3) is 0.588. The first-order valence-corrected chi connectivity index (χ1v) is 9.85. The largest absolute Gasteiger partial charge is 0.495 e. The first-order chi connectivity index (χ1) is 11.4. The van der Waals surface area contributed by atoms with Crippen molar-refractivity contribution in [2.24, 2.45) is 0 Å². The molecule has 0 atom stereocenters. The molecule has 0 spiro atoms. The minimum Gasteiger partial charge on any atom is -0.495 e. The molecule has 3 rings (SSSR count). The molecule has 1 amide bonds. The summed E-state index contributed by atoms with van der Waals surface area (Å²) in [5.41, 5.74) is 0.542. The lowest BCUT2D eigenvalue weighted by molar-refractivity contribution is -0.117. The molecule has 132 valence electrons. The van der Waals surface area contributed by atoms with Crippen LogP contribution in [0.2, 0.25) is 0 Å². The van der Waals surface area contributed by atoms with Gasteiger partial charge in [-0.2, -0.15) is 4.31 Å². The number of rotatable bonds is 5. The molecular weight excluding hydrogens is 328 g/mol. The number of anilines is 1. The van der Waals surface area contributed by atoms with Crippen LogP contribution in [0.4, 0.5) is 5.69 Å². The Morgan fingerprint density at radius 1 is 1.21 bits per heavy atom. The van der Waals surface area contributed by atoms with Crippen LogP contribution in [0.25, 0.3) is 0 Å². The van der Waals surface area contributed by atoms with Gasteiger partial charge >= 0.3 is 0 Å². The van der Waals surface area contributed by atoms with E-state index in [1.165, 1.54) is 11.4 Å². The number of nitrogens with zero attached hydrogens (tertiary/aromatic N) is 2. The minimum atomic E-state index is -3.58. The molecule has 0 radical (unpaired) electrons. The molecule has 0 bridgehead atoms. The van der Waals surface area contributed by atoms with Gasteiger partial charge in [0.15, 0.2) is 0 Å². The van der Waals surface area contributed by atoms with E-state index in [4.69, 9.17) is 4.74 Å². The molecule has 1 aliphatic heterocycles. The lowest BCUT2D eigenvalue weighted by atomic mass is 10.2. The molecule has 24 heavy (non-hydrogen) atoms.